The molecule has 10 heteroatoms. The molecule has 5 rings (SSSR count). The minimum absolute atomic E-state index is 0.143. The van der Waals surface area contributed by atoms with E-state index in [4.69, 9.17) is 5.73 Å². The predicted octanol–water partition coefficient (Wildman–Crippen LogP) is 4.48. The van der Waals surface area contributed by atoms with Crippen LogP contribution in [-0.4, -0.2) is 52.2 Å². The molecule has 0 fully saturated rings. The van der Waals surface area contributed by atoms with Crippen molar-refractivity contribution in [3.8, 4) is 0 Å². The monoisotopic (exact) mass is 688 g/mol. The molecule has 0 saturated heterocycles. The number of hydrogen-bond acceptors (Lipinski definition) is 6. The standard InChI is InChI=1S/C40H40N4O5S/c41-33(22-27-18-20-30(21-19-27)40(48)49)36(50)39(47)44-35(24-31-16-9-15-29-14-7-8-17-32(29)31)38(46)43-34(23-26-10-3-1-4-11-26)37(45)42-25-28-12-5-2-6-13-28/h1-21,33-36,50H,22-25,41H2,(H,42,45)(H,43,46)(H,44,47)(H,48,49)/t33-,34?,35?,36-/m0/s1. The predicted molar refractivity (Wildman–Crippen MR) is 198 cm³/mol. The first kappa shape index (κ1) is 35.8. The summed E-state index contributed by atoms with van der Waals surface area (Å²) in [4.78, 5) is 52.6. The van der Waals surface area contributed by atoms with Crippen molar-refractivity contribution >= 4 is 47.1 Å². The summed E-state index contributed by atoms with van der Waals surface area (Å²) >= 11 is 4.54. The molecular formula is C40H40N4O5S. The van der Waals surface area contributed by atoms with Crippen LogP contribution in [0, 0.1) is 0 Å². The number of nitrogens with one attached hydrogen (secondary N) is 3. The van der Waals surface area contributed by atoms with Gasteiger partial charge in [0, 0.05) is 25.4 Å². The highest BCUT2D eigenvalue weighted by Gasteiger charge is 2.31. The van der Waals surface area contributed by atoms with Crippen molar-refractivity contribution in [2.45, 2.75) is 49.2 Å². The summed E-state index contributed by atoms with van der Waals surface area (Å²) in [6, 6.07) is 36.0. The van der Waals surface area contributed by atoms with Crippen LogP contribution >= 0.6 is 12.6 Å². The van der Waals surface area contributed by atoms with Crippen LogP contribution in [0.2, 0.25) is 0 Å². The lowest BCUT2D eigenvalue weighted by Gasteiger charge is -2.26. The van der Waals surface area contributed by atoms with E-state index in [1.165, 1.54) is 12.1 Å². The van der Waals surface area contributed by atoms with Crippen LogP contribution in [0.1, 0.15) is 32.6 Å². The fourth-order valence-electron chi connectivity index (χ4n) is 5.76. The quantitative estimate of drug-likeness (QED) is 0.0894. The Balaban J connectivity index is 1.36. The van der Waals surface area contributed by atoms with E-state index in [0.717, 1.165) is 33.0 Å². The number of carboxylic acids is 1. The molecule has 5 aromatic carbocycles. The zero-order valence-corrected chi connectivity index (χ0v) is 28.3. The third kappa shape index (κ3) is 9.81. The summed E-state index contributed by atoms with van der Waals surface area (Å²) in [5.41, 5.74) is 9.91. The van der Waals surface area contributed by atoms with E-state index in [9.17, 15) is 24.3 Å². The Morgan fingerprint density at radius 2 is 1.16 bits per heavy atom. The number of aromatic carboxylic acids is 1. The van der Waals surface area contributed by atoms with Gasteiger partial charge in [-0.1, -0.05) is 115 Å². The fourth-order valence-corrected chi connectivity index (χ4v) is 5.94. The van der Waals surface area contributed by atoms with Gasteiger partial charge in [0.25, 0.3) is 0 Å². The number of thiol groups is 1. The van der Waals surface area contributed by atoms with Gasteiger partial charge in [0.1, 0.15) is 12.1 Å². The van der Waals surface area contributed by atoms with Gasteiger partial charge >= 0.3 is 5.97 Å². The van der Waals surface area contributed by atoms with Gasteiger partial charge in [0.2, 0.25) is 17.7 Å². The molecule has 0 heterocycles. The summed E-state index contributed by atoms with van der Waals surface area (Å²) in [7, 11) is 0. The van der Waals surface area contributed by atoms with Crippen molar-refractivity contribution in [1.82, 2.24) is 16.0 Å². The number of hydrogen-bond donors (Lipinski definition) is 6. The molecule has 0 bridgehead atoms. The Labute approximate surface area is 296 Å². The molecule has 50 heavy (non-hydrogen) atoms. The van der Waals surface area contributed by atoms with E-state index < -0.39 is 41.2 Å². The molecule has 0 saturated carbocycles. The molecule has 6 N–H and O–H groups in total. The third-order valence-electron chi connectivity index (χ3n) is 8.51. The van der Waals surface area contributed by atoms with Crippen LogP contribution in [0.25, 0.3) is 10.8 Å². The molecule has 0 aliphatic rings. The van der Waals surface area contributed by atoms with E-state index in [1.807, 2.05) is 103 Å². The average molecular weight is 689 g/mol. The van der Waals surface area contributed by atoms with Crippen molar-refractivity contribution < 1.29 is 24.3 Å². The Bertz CT molecular complexity index is 1920. The minimum atomic E-state index is -1.06. The van der Waals surface area contributed by atoms with E-state index in [1.54, 1.807) is 12.1 Å². The van der Waals surface area contributed by atoms with E-state index >= 15 is 0 Å². The van der Waals surface area contributed by atoms with Gasteiger partial charge in [-0.05, 0) is 51.6 Å². The summed E-state index contributed by atoms with van der Waals surface area (Å²) in [5.74, 6) is -2.47. The Morgan fingerprint density at radius 3 is 1.84 bits per heavy atom. The van der Waals surface area contributed by atoms with E-state index in [-0.39, 0.29) is 37.3 Å². The highest BCUT2D eigenvalue weighted by atomic mass is 32.1. The lowest BCUT2D eigenvalue weighted by molar-refractivity contribution is -0.132. The van der Waals surface area contributed by atoms with Gasteiger partial charge in [-0.15, -0.1) is 0 Å². The van der Waals surface area contributed by atoms with Gasteiger partial charge in [-0.25, -0.2) is 4.79 Å². The van der Waals surface area contributed by atoms with Gasteiger partial charge in [-0.2, -0.15) is 12.6 Å². The summed E-state index contributed by atoms with van der Waals surface area (Å²) < 4.78 is 0. The third-order valence-corrected chi connectivity index (χ3v) is 9.13. The maximum absolute atomic E-state index is 14.2. The first-order valence-electron chi connectivity index (χ1n) is 16.4. The summed E-state index contributed by atoms with van der Waals surface area (Å²) in [6.07, 6.45) is 0.639. The first-order chi connectivity index (χ1) is 24.2. The molecule has 256 valence electrons. The summed E-state index contributed by atoms with van der Waals surface area (Å²) in [6.45, 7) is 0.287. The molecule has 0 radical (unpaired) electrons. The zero-order chi connectivity index (χ0) is 35.5. The number of carboxylic acid groups (broad SMARTS) is 1. The minimum Gasteiger partial charge on any atom is -0.478 e. The van der Waals surface area contributed by atoms with E-state index in [2.05, 4.69) is 28.6 Å². The molecule has 4 atom stereocenters. The smallest absolute Gasteiger partial charge is 0.335 e. The molecule has 0 spiro atoms. The number of rotatable bonds is 15. The maximum Gasteiger partial charge on any atom is 0.335 e. The van der Waals surface area contributed by atoms with Gasteiger partial charge in [0.15, 0.2) is 0 Å². The lowest BCUT2D eigenvalue weighted by atomic mass is 9.97. The van der Waals surface area contributed by atoms with Gasteiger partial charge in [-0.3, -0.25) is 14.4 Å². The highest BCUT2D eigenvalue weighted by Crippen LogP contribution is 2.21. The van der Waals surface area contributed by atoms with Gasteiger partial charge < -0.3 is 26.8 Å². The topological polar surface area (TPSA) is 151 Å². The molecule has 9 nitrogen and oxygen atoms in total. The van der Waals surface area contributed by atoms with Crippen LogP contribution in [-0.2, 0) is 40.2 Å². The Kier molecular flexibility index (Phi) is 12.4. The van der Waals surface area contributed by atoms with Crippen LogP contribution in [0.5, 0.6) is 0 Å². The average Bonchev–Trinajstić information content (AvgIpc) is 3.14. The van der Waals surface area contributed by atoms with Crippen molar-refractivity contribution in [2.75, 3.05) is 0 Å². The number of fused-ring (bicyclic) bond motifs is 1. The zero-order valence-electron chi connectivity index (χ0n) is 27.4. The van der Waals surface area contributed by atoms with Crippen molar-refractivity contribution in [3.05, 3.63) is 155 Å². The number of nitrogens with two attached hydrogens (primary N) is 1. The molecule has 5 aromatic rings. The Hall–Kier alpha value is -5.45. The lowest BCUT2D eigenvalue weighted by Crippen LogP contribution is -2.57. The van der Waals surface area contributed by atoms with Crippen LogP contribution in [0.4, 0.5) is 0 Å². The van der Waals surface area contributed by atoms with Crippen LogP contribution in [0.15, 0.2) is 127 Å². The normalized spacial score (nSPS) is 13.4. The highest BCUT2D eigenvalue weighted by molar-refractivity contribution is 7.81. The van der Waals surface area contributed by atoms with Crippen molar-refractivity contribution in [1.29, 1.82) is 0 Å². The SMILES string of the molecule is N[C@@H](Cc1ccc(C(=O)O)cc1)[C@H](S)C(=O)NC(Cc1cccc2ccccc12)C(=O)NC(Cc1ccccc1)C(=O)NCc1ccccc1. The Morgan fingerprint density at radius 1 is 0.600 bits per heavy atom. The number of amides is 3. The van der Waals surface area contributed by atoms with Crippen LogP contribution < -0.4 is 21.7 Å². The number of carbonyl (C=O) groups is 4. The molecule has 0 aliphatic heterocycles. The second-order valence-corrected chi connectivity index (χ2v) is 12.7. The number of carbonyl (C=O) groups excluding carboxylic acids is 3. The summed E-state index contributed by atoms with van der Waals surface area (Å²) in [5, 5.41) is 18.9. The molecule has 2 unspecified atom stereocenters. The second-order valence-electron chi connectivity index (χ2n) is 12.2. The number of benzene rings is 5. The molecule has 0 aromatic heterocycles. The largest absolute Gasteiger partial charge is 0.478 e. The van der Waals surface area contributed by atoms with Crippen molar-refractivity contribution in [3.63, 3.8) is 0 Å². The molecular weight excluding hydrogens is 649 g/mol. The van der Waals surface area contributed by atoms with Crippen LogP contribution in [0.3, 0.4) is 0 Å². The molecule has 0 aliphatic carbocycles. The molecule has 3 amide bonds. The maximum atomic E-state index is 14.2. The first-order valence-corrected chi connectivity index (χ1v) is 16.9. The van der Waals surface area contributed by atoms with Crippen molar-refractivity contribution in [2.24, 2.45) is 5.73 Å². The second kappa shape index (κ2) is 17.3. The van der Waals surface area contributed by atoms with E-state index in [0.29, 0.717) is 0 Å². The van der Waals surface area contributed by atoms with Gasteiger partial charge in [0.05, 0.1) is 10.8 Å². The fraction of sp³-hybridized carbons (Fsp3) is 0.200.